The number of hydrogen-bond acceptors (Lipinski definition) is 4. The van der Waals surface area contributed by atoms with Crippen LogP contribution in [0.25, 0.3) is 0 Å². The normalized spacial score (nSPS) is 14.1. The van der Waals surface area contributed by atoms with Gasteiger partial charge in [-0.3, -0.25) is 0 Å². The lowest BCUT2D eigenvalue weighted by Crippen LogP contribution is -2.34. The highest BCUT2D eigenvalue weighted by molar-refractivity contribution is 7.98. The third-order valence-electron chi connectivity index (χ3n) is 1.96. The summed E-state index contributed by atoms with van der Waals surface area (Å²) in [5, 5.41) is 8.54. The van der Waals surface area contributed by atoms with E-state index in [1.807, 2.05) is 13.2 Å². The minimum atomic E-state index is -3.15. The Bertz CT molecular complexity index is 242. The molecular formula is C9H21NO3S2. The number of sulfonamides is 1. The predicted octanol–water partition coefficient (Wildman–Crippen LogP) is 0.820. The Morgan fingerprint density at radius 2 is 2.07 bits per heavy atom. The first-order chi connectivity index (χ1) is 7.02. The molecule has 0 spiro atoms. The van der Waals surface area contributed by atoms with Crippen LogP contribution in [0.5, 0.6) is 0 Å². The highest BCUT2D eigenvalue weighted by Crippen LogP contribution is 2.02. The molecule has 0 aliphatic carbocycles. The Hall–Kier alpha value is 0.220. The van der Waals surface area contributed by atoms with E-state index < -0.39 is 10.0 Å². The number of aliphatic hydroxyl groups is 1. The van der Waals surface area contributed by atoms with E-state index in [1.165, 1.54) is 0 Å². The Kier molecular flexibility index (Phi) is 8.50. The van der Waals surface area contributed by atoms with Crippen molar-refractivity contribution in [3.63, 3.8) is 0 Å². The molecule has 0 aliphatic rings. The number of thioether (sulfide) groups is 1. The lowest BCUT2D eigenvalue weighted by atomic mass is 10.3. The van der Waals surface area contributed by atoms with Crippen LogP contribution in [0.15, 0.2) is 0 Å². The van der Waals surface area contributed by atoms with Crippen molar-refractivity contribution < 1.29 is 13.5 Å². The molecule has 0 aromatic carbocycles. The summed E-state index contributed by atoms with van der Waals surface area (Å²) in [6, 6.07) is -0.00317. The standard InChI is InChI=1S/C9H21NO3S2/c1-9(5-7-14-2)10-15(12,13)8-4-3-6-11/h9-11H,3-8H2,1-2H3. The van der Waals surface area contributed by atoms with Crippen molar-refractivity contribution >= 4 is 21.8 Å². The van der Waals surface area contributed by atoms with E-state index in [1.54, 1.807) is 11.8 Å². The van der Waals surface area contributed by atoms with Crippen molar-refractivity contribution in [3.8, 4) is 0 Å². The van der Waals surface area contributed by atoms with Crippen LogP contribution in [-0.2, 0) is 10.0 Å². The van der Waals surface area contributed by atoms with Gasteiger partial charge in [0.1, 0.15) is 0 Å². The smallest absolute Gasteiger partial charge is 0.211 e. The predicted molar refractivity (Wildman–Crippen MR) is 65.7 cm³/mol. The monoisotopic (exact) mass is 255 g/mol. The second-order valence-electron chi connectivity index (χ2n) is 3.55. The molecule has 1 unspecified atom stereocenters. The van der Waals surface area contributed by atoms with E-state index in [-0.39, 0.29) is 18.4 Å². The summed E-state index contributed by atoms with van der Waals surface area (Å²) in [7, 11) is -3.15. The fourth-order valence-electron chi connectivity index (χ4n) is 1.12. The van der Waals surface area contributed by atoms with E-state index in [2.05, 4.69) is 4.72 Å². The van der Waals surface area contributed by atoms with Gasteiger partial charge in [-0.25, -0.2) is 13.1 Å². The topological polar surface area (TPSA) is 66.4 Å². The third kappa shape index (κ3) is 9.17. The van der Waals surface area contributed by atoms with Gasteiger partial charge < -0.3 is 5.11 Å². The minimum absolute atomic E-state index is 0.00317. The molecule has 0 bridgehead atoms. The zero-order chi connectivity index (χ0) is 11.7. The molecule has 6 heteroatoms. The molecule has 0 rings (SSSR count). The van der Waals surface area contributed by atoms with Crippen LogP contribution in [0.1, 0.15) is 26.2 Å². The first-order valence-electron chi connectivity index (χ1n) is 5.11. The van der Waals surface area contributed by atoms with Gasteiger partial charge in [0.25, 0.3) is 0 Å². The zero-order valence-corrected chi connectivity index (χ0v) is 11.0. The fourth-order valence-corrected chi connectivity index (χ4v) is 3.15. The molecule has 2 N–H and O–H groups in total. The molecule has 92 valence electrons. The van der Waals surface area contributed by atoms with Gasteiger partial charge in [0.05, 0.1) is 5.75 Å². The maximum absolute atomic E-state index is 11.5. The number of unbranched alkanes of at least 4 members (excludes halogenated alkanes) is 1. The zero-order valence-electron chi connectivity index (χ0n) is 9.40. The summed E-state index contributed by atoms with van der Waals surface area (Å²) in [5.41, 5.74) is 0. The molecule has 0 radical (unpaired) electrons. The Morgan fingerprint density at radius 3 is 2.60 bits per heavy atom. The summed E-state index contributed by atoms with van der Waals surface area (Å²) in [4.78, 5) is 0. The lowest BCUT2D eigenvalue weighted by Gasteiger charge is -2.13. The average molecular weight is 255 g/mol. The lowest BCUT2D eigenvalue weighted by molar-refractivity contribution is 0.287. The number of nitrogens with one attached hydrogen (secondary N) is 1. The maximum atomic E-state index is 11.5. The van der Waals surface area contributed by atoms with Crippen LogP contribution in [0, 0.1) is 0 Å². The average Bonchev–Trinajstić information content (AvgIpc) is 2.14. The van der Waals surface area contributed by atoms with Crippen LogP contribution in [0.3, 0.4) is 0 Å². The van der Waals surface area contributed by atoms with E-state index >= 15 is 0 Å². The van der Waals surface area contributed by atoms with Crippen LogP contribution >= 0.6 is 11.8 Å². The van der Waals surface area contributed by atoms with Crippen molar-refractivity contribution in [1.82, 2.24) is 4.72 Å². The van der Waals surface area contributed by atoms with Crippen LogP contribution in [-0.4, -0.2) is 43.9 Å². The van der Waals surface area contributed by atoms with Gasteiger partial charge in [-0.05, 0) is 38.2 Å². The molecule has 0 heterocycles. The molecule has 0 amide bonds. The van der Waals surface area contributed by atoms with Crippen molar-refractivity contribution in [2.24, 2.45) is 0 Å². The summed E-state index contributed by atoms with van der Waals surface area (Å²) in [5.74, 6) is 1.07. The first kappa shape index (κ1) is 15.2. The van der Waals surface area contributed by atoms with Gasteiger partial charge in [0.15, 0.2) is 0 Å². The highest BCUT2D eigenvalue weighted by Gasteiger charge is 2.13. The van der Waals surface area contributed by atoms with Crippen molar-refractivity contribution in [2.75, 3.05) is 24.4 Å². The molecule has 0 aromatic rings. The molecule has 0 saturated carbocycles. The molecule has 4 nitrogen and oxygen atoms in total. The van der Waals surface area contributed by atoms with E-state index in [0.29, 0.717) is 12.8 Å². The van der Waals surface area contributed by atoms with E-state index in [0.717, 1.165) is 12.2 Å². The second-order valence-corrected chi connectivity index (χ2v) is 6.41. The van der Waals surface area contributed by atoms with Crippen LogP contribution < -0.4 is 4.72 Å². The van der Waals surface area contributed by atoms with Crippen molar-refractivity contribution in [2.45, 2.75) is 32.2 Å². The minimum Gasteiger partial charge on any atom is -0.396 e. The Labute approximate surface area is 96.9 Å². The molecule has 0 aromatic heterocycles. The number of hydrogen-bond donors (Lipinski definition) is 2. The Morgan fingerprint density at radius 1 is 1.40 bits per heavy atom. The molecule has 15 heavy (non-hydrogen) atoms. The third-order valence-corrected chi connectivity index (χ3v) is 4.19. The SMILES string of the molecule is CSCCC(C)NS(=O)(=O)CCCCO. The van der Waals surface area contributed by atoms with E-state index in [9.17, 15) is 8.42 Å². The van der Waals surface area contributed by atoms with Crippen LogP contribution in [0.4, 0.5) is 0 Å². The van der Waals surface area contributed by atoms with Gasteiger partial charge in [0, 0.05) is 12.6 Å². The van der Waals surface area contributed by atoms with Gasteiger partial charge in [0.2, 0.25) is 10.0 Å². The fraction of sp³-hybridized carbons (Fsp3) is 1.00. The quantitative estimate of drug-likeness (QED) is 0.599. The molecular weight excluding hydrogens is 234 g/mol. The summed E-state index contributed by atoms with van der Waals surface area (Å²) in [6.45, 7) is 1.93. The molecule has 1 atom stereocenters. The number of rotatable bonds is 9. The highest BCUT2D eigenvalue weighted by atomic mass is 32.2. The maximum Gasteiger partial charge on any atom is 0.211 e. The van der Waals surface area contributed by atoms with Crippen molar-refractivity contribution in [3.05, 3.63) is 0 Å². The van der Waals surface area contributed by atoms with E-state index in [4.69, 9.17) is 5.11 Å². The molecule has 0 fully saturated rings. The second kappa shape index (κ2) is 8.38. The van der Waals surface area contributed by atoms with Crippen LogP contribution in [0.2, 0.25) is 0 Å². The van der Waals surface area contributed by atoms with Gasteiger partial charge in [-0.1, -0.05) is 0 Å². The first-order valence-corrected chi connectivity index (χ1v) is 8.16. The molecule has 0 saturated heterocycles. The van der Waals surface area contributed by atoms with Gasteiger partial charge >= 0.3 is 0 Å². The molecule has 0 aliphatic heterocycles. The van der Waals surface area contributed by atoms with Crippen molar-refractivity contribution in [1.29, 1.82) is 0 Å². The Balaban J connectivity index is 3.81. The van der Waals surface area contributed by atoms with Gasteiger partial charge in [-0.2, -0.15) is 11.8 Å². The summed E-state index contributed by atoms with van der Waals surface area (Å²) >= 11 is 1.71. The summed E-state index contributed by atoms with van der Waals surface area (Å²) in [6.07, 6.45) is 3.91. The van der Waals surface area contributed by atoms with Gasteiger partial charge in [-0.15, -0.1) is 0 Å². The largest absolute Gasteiger partial charge is 0.396 e. The summed E-state index contributed by atoms with van der Waals surface area (Å²) < 4.78 is 25.6. The number of aliphatic hydroxyl groups excluding tert-OH is 1.